The highest BCUT2D eigenvalue weighted by atomic mass is 16.3. The number of para-hydroxylation sites is 1. The van der Waals surface area contributed by atoms with Crippen LogP contribution in [0.5, 0.6) is 5.75 Å². The van der Waals surface area contributed by atoms with Gasteiger partial charge in [0, 0.05) is 0 Å². The molecule has 0 fully saturated rings. The van der Waals surface area contributed by atoms with Gasteiger partial charge in [-0.2, -0.15) is 0 Å². The zero-order valence-electron chi connectivity index (χ0n) is 5.55. The highest BCUT2D eigenvalue weighted by Gasteiger charge is 2.02. The fourth-order valence-corrected chi connectivity index (χ4v) is 1.03. The van der Waals surface area contributed by atoms with Crippen molar-refractivity contribution in [3.63, 3.8) is 0 Å². The topological polar surface area (TPSA) is 68.5 Å². The minimum absolute atomic E-state index is 0.166. The summed E-state index contributed by atoms with van der Waals surface area (Å²) < 4.78 is 0. The second kappa shape index (κ2) is 1.88. The molecule has 0 unspecified atom stereocenters. The Hall–Kier alpha value is -1.71. The van der Waals surface area contributed by atoms with Crippen LogP contribution in [0.3, 0.4) is 0 Å². The quantitative estimate of drug-likeness (QED) is 0.576. The van der Waals surface area contributed by atoms with E-state index in [0.717, 1.165) is 0 Å². The van der Waals surface area contributed by atoms with Gasteiger partial charge in [0.2, 0.25) is 5.75 Å². The second-order valence-electron chi connectivity index (χ2n) is 2.26. The Bertz CT molecular complexity index is 441. The molecule has 0 saturated heterocycles. The zero-order chi connectivity index (χ0) is 7.84. The first-order valence-electron chi connectivity index (χ1n) is 3.15. The van der Waals surface area contributed by atoms with Crippen molar-refractivity contribution in [1.29, 1.82) is 0 Å². The van der Waals surface area contributed by atoms with Crippen LogP contribution in [0.1, 0.15) is 0 Å². The molecule has 0 amide bonds. The van der Waals surface area contributed by atoms with Gasteiger partial charge in [0.05, 0.1) is 5.52 Å². The van der Waals surface area contributed by atoms with Crippen molar-refractivity contribution < 1.29 is 5.11 Å². The fourth-order valence-electron chi connectivity index (χ4n) is 1.03. The summed E-state index contributed by atoms with van der Waals surface area (Å²) >= 11 is 0. The normalized spacial score (nSPS) is 10.5. The van der Waals surface area contributed by atoms with E-state index in [2.05, 4.69) is 9.97 Å². The molecular weight excluding hydrogens is 144 g/mol. The molecule has 0 spiro atoms. The van der Waals surface area contributed by atoms with Crippen molar-refractivity contribution in [3.05, 3.63) is 28.7 Å². The maximum absolute atomic E-state index is 11.0. The summed E-state index contributed by atoms with van der Waals surface area (Å²) in [7, 11) is 0. The van der Waals surface area contributed by atoms with Crippen LogP contribution in [0.4, 0.5) is 0 Å². The molecule has 1 aromatic heterocycles. The number of H-pyrrole nitrogens is 2. The van der Waals surface area contributed by atoms with Gasteiger partial charge in [-0.1, -0.05) is 6.07 Å². The van der Waals surface area contributed by atoms with Crippen molar-refractivity contribution in [2.75, 3.05) is 0 Å². The predicted molar refractivity (Wildman–Crippen MR) is 39.1 cm³/mol. The third-order valence-electron chi connectivity index (χ3n) is 1.51. The lowest BCUT2D eigenvalue weighted by Gasteiger charge is -1.86. The summed E-state index contributed by atoms with van der Waals surface area (Å²) in [5, 5.41) is 11.0. The van der Waals surface area contributed by atoms with Crippen LogP contribution in [-0.4, -0.2) is 9.97 Å². The van der Waals surface area contributed by atoms with E-state index in [1.54, 1.807) is 12.1 Å². The Labute approximate surface area is 61.5 Å². The third-order valence-corrected chi connectivity index (χ3v) is 1.51. The Morgan fingerprint density at radius 1 is 1.18 bits per heavy atom. The van der Waals surface area contributed by atoms with Gasteiger partial charge in [0.15, 0.2) is 0 Å². The number of imidazole rings is 1. The molecule has 2 rings (SSSR count). The zero-order valence-corrected chi connectivity index (χ0v) is 5.55. The summed E-state index contributed by atoms with van der Waals surface area (Å²) in [6.45, 7) is 0. The molecule has 4 nitrogen and oxygen atoms in total. The standard InChI is InChI=1S/C7H5N2O2/c10-5-3-1-2-4-6(5)9-7(11)8-4/h1-3H,(H2,8,9,11). The van der Waals surface area contributed by atoms with E-state index in [9.17, 15) is 9.90 Å². The molecule has 55 valence electrons. The number of aromatic nitrogens is 2. The van der Waals surface area contributed by atoms with E-state index in [1.807, 2.05) is 0 Å². The average molecular weight is 149 g/mol. The first-order chi connectivity index (χ1) is 5.27. The summed E-state index contributed by atoms with van der Waals surface area (Å²) in [6.07, 6.45) is 0. The van der Waals surface area contributed by atoms with Gasteiger partial charge in [-0.15, -0.1) is 0 Å². The van der Waals surface area contributed by atoms with Gasteiger partial charge < -0.3 is 9.97 Å². The number of hydrogen-bond acceptors (Lipinski definition) is 1. The number of fused-ring (bicyclic) bond motifs is 1. The number of benzene rings is 1. The molecule has 1 heterocycles. The van der Waals surface area contributed by atoms with Gasteiger partial charge in [-0.25, -0.2) is 4.79 Å². The fraction of sp³-hybridized carbons (Fsp3) is 0. The van der Waals surface area contributed by atoms with Crippen LogP contribution in [0.2, 0.25) is 0 Å². The highest BCUT2D eigenvalue weighted by Crippen LogP contribution is 2.18. The molecule has 2 aromatic rings. The third kappa shape index (κ3) is 0.797. The van der Waals surface area contributed by atoms with Crippen molar-refractivity contribution >= 4 is 11.0 Å². The number of aromatic amines is 2. The molecule has 0 aliphatic heterocycles. The minimum atomic E-state index is -0.344. The van der Waals surface area contributed by atoms with Crippen LogP contribution in [0, 0.1) is 0 Å². The smallest absolute Gasteiger partial charge is 0.306 e. The lowest BCUT2D eigenvalue weighted by atomic mass is 10.3. The largest absolute Gasteiger partial charge is 0.323 e. The Balaban J connectivity index is 3.01. The molecule has 4 heteroatoms. The maximum Gasteiger partial charge on any atom is 0.323 e. The molecule has 0 saturated carbocycles. The van der Waals surface area contributed by atoms with Gasteiger partial charge >= 0.3 is 5.69 Å². The predicted octanol–water partition coefficient (Wildman–Crippen LogP) is 1.00. The van der Waals surface area contributed by atoms with E-state index >= 15 is 0 Å². The molecule has 2 N–H and O–H groups in total. The van der Waals surface area contributed by atoms with Gasteiger partial charge in [0.25, 0.3) is 0 Å². The molecule has 0 aliphatic carbocycles. The Morgan fingerprint density at radius 3 is 2.73 bits per heavy atom. The van der Waals surface area contributed by atoms with Crippen LogP contribution >= 0.6 is 0 Å². The molecule has 0 aliphatic rings. The second-order valence-corrected chi connectivity index (χ2v) is 2.26. The molecular formula is C7H5N2O2. The van der Waals surface area contributed by atoms with Crippen molar-refractivity contribution in [1.82, 2.24) is 9.97 Å². The first kappa shape index (κ1) is 6.03. The van der Waals surface area contributed by atoms with Crippen molar-refractivity contribution in [2.24, 2.45) is 0 Å². The summed E-state index contributed by atoms with van der Waals surface area (Å²) in [5.41, 5.74) is 0.559. The number of rotatable bonds is 0. The monoisotopic (exact) mass is 149 g/mol. The SMILES string of the molecule is [O]c1cccc2[nH]c(=O)[nH]c12. The molecule has 0 bridgehead atoms. The maximum atomic E-state index is 11.0. The lowest BCUT2D eigenvalue weighted by molar-refractivity contribution is 0.359. The average Bonchev–Trinajstić information content (AvgIpc) is 2.31. The highest BCUT2D eigenvalue weighted by molar-refractivity contribution is 5.80. The lowest BCUT2D eigenvalue weighted by Crippen LogP contribution is -1.99. The van der Waals surface area contributed by atoms with Gasteiger partial charge in [0.1, 0.15) is 5.52 Å². The summed E-state index contributed by atoms with van der Waals surface area (Å²) in [4.78, 5) is 15.6. The molecule has 1 aromatic carbocycles. The van der Waals surface area contributed by atoms with E-state index in [4.69, 9.17) is 0 Å². The van der Waals surface area contributed by atoms with Gasteiger partial charge in [-0.05, 0) is 12.1 Å². The Morgan fingerprint density at radius 2 is 2.00 bits per heavy atom. The van der Waals surface area contributed by atoms with Crippen molar-refractivity contribution in [3.8, 4) is 5.75 Å². The first-order valence-corrected chi connectivity index (χ1v) is 3.15. The van der Waals surface area contributed by atoms with Crippen LogP contribution in [0.15, 0.2) is 23.0 Å². The molecule has 0 atom stereocenters. The molecule has 1 radical (unpaired) electrons. The number of nitrogens with one attached hydrogen (secondary N) is 2. The minimum Gasteiger partial charge on any atom is -0.306 e. The van der Waals surface area contributed by atoms with E-state index in [1.165, 1.54) is 6.07 Å². The van der Waals surface area contributed by atoms with Crippen LogP contribution < -0.4 is 5.69 Å². The van der Waals surface area contributed by atoms with E-state index in [-0.39, 0.29) is 11.4 Å². The molecule has 11 heavy (non-hydrogen) atoms. The summed E-state index contributed by atoms with van der Waals surface area (Å²) in [5.74, 6) is -0.166. The Kier molecular flexibility index (Phi) is 1.03. The van der Waals surface area contributed by atoms with Crippen molar-refractivity contribution in [2.45, 2.75) is 0 Å². The van der Waals surface area contributed by atoms with Gasteiger partial charge in [-0.3, -0.25) is 5.11 Å². The van der Waals surface area contributed by atoms with Crippen LogP contribution in [0.25, 0.3) is 11.0 Å². The van der Waals surface area contributed by atoms with E-state index in [0.29, 0.717) is 11.0 Å². The van der Waals surface area contributed by atoms with E-state index < -0.39 is 0 Å². The summed E-state index contributed by atoms with van der Waals surface area (Å²) in [6, 6.07) is 4.69. The van der Waals surface area contributed by atoms with Crippen LogP contribution in [-0.2, 0) is 5.11 Å². The number of hydrogen-bond donors (Lipinski definition) is 2.